The lowest BCUT2D eigenvalue weighted by Gasteiger charge is -2.13. The van der Waals surface area contributed by atoms with E-state index in [0.29, 0.717) is 12.5 Å². The molecule has 0 aliphatic carbocycles. The maximum absolute atomic E-state index is 5.66. The first-order valence-electron chi connectivity index (χ1n) is 4.75. The van der Waals surface area contributed by atoms with Gasteiger partial charge in [-0.1, -0.05) is 35.8 Å². The lowest BCUT2D eigenvalue weighted by molar-refractivity contribution is 0.268. The van der Waals surface area contributed by atoms with E-state index in [0.717, 1.165) is 22.4 Å². The van der Waals surface area contributed by atoms with Crippen LogP contribution in [0.1, 0.15) is 19.4 Å². The first-order chi connectivity index (χ1) is 6.65. The van der Waals surface area contributed by atoms with Crippen molar-refractivity contribution in [3.05, 3.63) is 28.2 Å². The summed E-state index contributed by atoms with van der Waals surface area (Å²) in [6.07, 6.45) is 0. The lowest BCUT2D eigenvalue weighted by atomic mass is 10.2. The molecule has 2 N–H and O–H groups in total. The van der Waals surface area contributed by atoms with Gasteiger partial charge in [-0.05, 0) is 18.1 Å². The molecule has 0 unspecified atom stereocenters. The van der Waals surface area contributed by atoms with Gasteiger partial charge in [-0.3, -0.25) is 0 Å². The summed E-state index contributed by atoms with van der Waals surface area (Å²) in [5, 5.41) is 0. The van der Waals surface area contributed by atoms with Crippen molar-refractivity contribution in [3.8, 4) is 5.75 Å². The fraction of sp³-hybridized carbons (Fsp3) is 0.455. The smallest absolute Gasteiger partial charge is 0.124 e. The van der Waals surface area contributed by atoms with E-state index in [9.17, 15) is 0 Å². The van der Waals surface area contributed by atoms with Crippen molar-refractivity contribution in [3.63, 3.8) is 0 Å². The maximum atomic E-state index is 5.66. The van der Waals surface area contributed by atoms with Gasteiger partial charge in [-0.25, -0.2) is 0 Å². The van der Waals surface area contributed by atoms with Gasteiger partial charge in [0.25, 0.3) is 0 Å². The average Bonchev–Trinajstić information content (AvgIpc) is 2.14. The van der Waals surface area contributed by atoms with Crippen molar-refractivity contribution in [2.24, 2.45) is 11.7 Å². The van der Waals surface area contributed by atoms with E-state index in [1.807, 2.05) is 18.2 Å². The molecule has 0 heterocycles. The minimum atomic E-state index is 0.495. The van der Waals surface area contributed by atoms with Crippen molar-refractivity contribution >= 4 is 15.9 Å². The van der Waals surface area contributed by atoms with Crippen LogP contribution in [0.2, 0.25) is 0 Å². The van der Waals surface area contributed by atoms with Crippen molar-refractivity contribution in [1.82, 2.24) is 0 Å². The molecule has 14 heavy (non-hydrogen) atoms. The molecule has 2 nitrogen and oxygen atoms in total. The van der Waals surface area contributed by atoms with E-state index < -0.39 is 0 Å². The first-order valence-corrected chi connectivity index (χ1v) is 5.54. The van der Waals surface area contributed by atoms with Gasteiger partial charge in [0.2, 0.25) is 0 Å². The Labute approximate surface area is 93.6 Å². The van der Waals surface area contributed by atoms with Crippen LogP contribution in [0, 0.1) is 5.92 Å². The second-order valence-electron chi connectivity index (χ2n) is 3.63. The number of nitrogens with two attached hydrogens (primary N) is 1. The van der Waals surface area contributed by atoms with E-state index in [1.165, 1.54) is 0 Å². The Hall–Kier alpha value is -0.540. The van der Waals surface area contributed by atoms with E-state index >= 15 is 0 Å². The predicted octanol–water partition coefficient (Wildman–Crippen LogP) is 2.94. The Morgan fingerprint density at radius 3 is 2.71 bits per heavy atom. The summed E-state index contributed by atoms with van der Waals surface area (Å²) < 4.78 is 6.68. The number of hydrogen-bond donors (Lipinski definition) is 1. The fourth-order valence-electron chi connectivity index (χ4n) is 1.13. The molecule has 0 atom stereocenters. The summed E-state index contributed by atoms with van der Waals surface area (Å²) in [5.74, 6) is 1.41. The van der Waals surface area contributed by atoms with Crippen LogP contribution in [-0.2, 0) is 6.54 Å². The molecule has 0 bridgehead atoms. The SMILES string of the molecule is CC(C)COc1cccc(Br)c1CN. The highest BCUT2D eigenvalue weighted by Crippen LogP contribution is 2.26. The number of benzene rings is 1. The minimum Gasteiger partial charge on any atom is -0.493 e. The average molecular weight is 258 g/mol. The van der Waals surface area contributed by atoms with Gasteiger partial charge in [0.05, 0.1) is 6.61 Å². The Morgan fingerprint density at radius 2 is 2.14 bits per heavy atom. The van der Waals surface area contributed by atoms with Crippen LogP contribution in [0.25, 0.3) is 0 Å². The third-order valence-corrected chi connectivity index (χ3v) is 2.60. The highest BCUT2D eigenvalue weighted by atomic mass is 79.9. The molecule has 0 aliphatic heterocycles. The Morgan fingerprint density at radius 1 is 1.43 bits per heavy atom. The quantitative estimate of drug-likeness (QED) is 0.901. The lowest BCUT2D eigenvalue weighted by Crippen LogP contribution is -2.08. The third-order valence-electron chi connectivity index (χ3n) is 1.85. The summed E-state index contributed by atoms with van der Waals surface area (Å²) in [7, 11) is 0. The molecule has 0 aromatic heterocycles. The van der Waals surface area contributed by atoms with Gasteiger partial charge in [0.15, 0.2) is 0 Å². The summed E-state index contributed by atoms with van der Waals surface area (Å²) in [6.45, 7) is 5.47. The van der Waals surface area contributed by atoms with E-state index in [-0.39, 0.29) is 0 Å². The van der Waals surface area contributed by atoms with Crippen molar-refractivity contribution in [1.29, 1.82) is 0 Å². The molecule has 0 radical (unpaired) electrons. The molecular weight excluding hydrogens is 242 g/mol. The molecule has 1 rings (SSSR count). The third kappa shape index (κ3) is 3.00. The van der Waals surface area contributed by atoms with Gasteiger partial charge >= 0.3 is 0 Å². The van der Waals surface area contributed by atoms with Crippen LogP contribution in [0.3, 0.4) is 0 Å². The number of hydrogen-bond acceptors (Lipinski definition) is 2. The standard InChI is InChI=1S/C11H16BrNO/c1-8(2)7-14-11-5-3-4-10(12)9(11)6-13/h3-5,8H,6-7,13H2,1-2H3. The summed E-state index contributed by atoms with van der Waals surface area (Å²) in [4.78, 5) is 0. The second-order valence-corrected chi connectivity index (χ2v) is 4.48. The molecule has 0 amide bonds. The molecule has 0 spiro atoms. The summed E-state index contributed by atoms with van der Waals surface area (Å²) in [6, 6.07) is 5.89. The second kappa shape index (κ2) is 5.37. The monoisotopic (exact) mass is 257 g/mol. The molecule has 78 valence electrons. The van der Waals surface area contributed by atoms with Gasteiger partial charge in [0.1, 0.15) is 5.75 Å². The van der Waals surface area contributed by atoms with Crippen LogP contribution < -0.4 is 10.5 Å². The van der Waals surface area contributed by atoms with E-state index in [1.54, 1.807) is 0 Å². The van der Waals surface area contributed by atoms with Gasteiger partial charge < -0.3 is 10.5 Å². The highest BCUT2D eigenvalue weighted by Gasteiger charge is 2.06. The van der Waals surface area contributed by atoms with Crippen LogP contribution in [0.5, 0.6) is 5.75 Å². The van der Waals surface area contributed by atoms with E-state index in [4.69, 9.17) is 10.5 Å². The molecule has 0 saturated carbocycles. The summed E-state index contributed by atoms with van der Waals surface area (Å²) in [5.41, 5.74) is 6.68. The van der Waals surface area contributed by atoms with Crippen LogP contribution in [0.15, 0.2) is 22.7 Å². The van der Waals surface area contributed by atoms with Gasteiger partial charge in [-0.15, -0.1) is 0 Å². The van der Waals surface area contributed by atoms with E-state index in [2.05, 4.69) is 29.8 Å². The summed E-state index contributed by atoms with van der Waals surface area (Å²) >= 11 is 3.45. The first kappa shape index (κ1) is 11.5. The van der Waals surface area contributed by atoms with Crippen LogP contribution >= 0.6 is 15.9 Å². The van der Waals surface area contributed by atoms with Crippen molar-refractivity contribution in [2.75, 3.05) is 6.61 Å². The molecule has 0 fully saturated rings. The molecule has 1 aromatic rings. The van der Waals surface area contributed by atoms with Crippen molar-refractivity contribution in [2.45, 2.75) is 20.4 Å². The fourth-order valence-corrected chi connectivity index (χ4v) is 1.64. The van der Waals surface area contributed by atoms with Crippen LogP contribution in [-0.4, -0.2) is 6.61 Å². The molecular formula is C11H16BrNO. The number of rotatable bonds is 4. The predicted molar refractivity (Wildman–Crippen MR) is 62.4 cm³/mol. The normalized spacial score (nSPS) is 10.6. The molecule has 3 heteroatoms. The largest absolute Gasteiger partial charge is 0.493 e. The Bertz CT molecular complexity index is 299. The zero-order valence-electron chi connectivity index (χ0n) is 8.59. The van der Waals surface area contributed by atoms with Gasteiger partial charge in [0, 0.05) is 16.6 Å². The molecule has 1 aromatic carbocycles. The van der Waals surface area contributed by atoms with Gasteiger partial charge in [-0.2, -0.15) is 0 Å². The Balaban J connectivity index is 2.80. The number of halogens is 1. The minimum absolute atomic E-state index is 0.495. The molecule has 0 saturated heterocycles. The Kier molecular flexibility index (Phi) is 4.42. The molecule has 0 aliphatic rings. The maximum Gasteiger partial charge on any atom is 0.124 e. The van der Waals surface area contributed by atoms with Crippen molar-refractivity contribution < 1.29 is 4.74 Å². The zero-order chi connectivity index (χ0) is 10.6. The topological polar surface area (TPSA) is 35.2 Å². The van der Waals surface area contributed by atoms with Crippen LogP contribution in [0.4, 0.5) is 0 Å². The number of ether oxygens (including phenoxy) is 1. The zero-order valence-corrected chi connectivity index (χ0v) is 10.2. The highest BCUT2D eigenvalue weighted by molar-refractivity contribution is 9.10.